The second-order valence-corrected chi connectivity index (χ2v) is 9.97. The Morgan fingerprint density at radius 1 is 0.706 bits per heavy atom. The number of rotatable bonds is 25. The molecule has 3 atom stereocenters. The third-order valence-corrected chi connectivity index (χ3v) is 6.63. The monoisotopic (exact) mass is 483 g/mol. The van der Waals surface area contributed by atoms with Crippen molar-refractivity contribution in [2.24, 2.45) is 0 Å². The highest BCUT2D eigenvalue weighted by Gasteiger charge is 2.22. The van der Waals surface area contributed by atoms with Crippen LogP contribution in [0.3, 0.4) is 0 Å². The lowest BCUT2D eigenvalue weighted by Gasteiger charge is -2.21. The van der Waals surface area contributed by atoms with Crippen molar-refractivity contribution >= 4 is 5.91 Å². The van der Waals surface area contributed by atoms with Crippen molar-refractivity contribution < 1.29 is 20.1 Å². The van der Waals surface area contributed by atoms with Gasteiger partial charge in [-0.25, -0.2) is 0 Å². The maximum atomic E-state index is 12.2. The van der Waals surface area contributed by atoms with Gasteiger partial charge in [-0.15, -0.1) is 0 Å². The first-order valence-electron chi connectivity index (χ1n) is 14.5. The first-order valence-corrected chi connectivity index (χ1v) is 14.5. The lowest BCUT2D eigenvalue weighted by molar-refractivity contribution is -0.131. The highest BCUT2D eigenvalue weighted by molar-refractivity contribution is 5.80. The van der Waals surface area contributed by atoms with Crippen LogP contribution in [0.4, 0.5) is 0 Å². The molecule has 5 nitrogen and oxygen atoms in total. The van der Waals surface area contributed by atoms with E-state index >= 15 is 0 Å². The Morgan fingerprint density at radius 3 is 1.62 bits per heavy atom. The minimum absolute atomic E-state index is 0.361. The average molecular weight is 484 g/mol. The lowest BCUT2D eigenvalue weighted by Crippen LogP contribution is -2.48. The van der Waals surface area contributed by atoms with Crippen molar-refractivity contribution in [2.75, 3.05) is 6.61 Å². The van der Waals surface area contributed by atoms with Gasteiger partial charge in [0, 0.05) is 0 Å². The molecular formula is C29H57NO4. The molecule has 0 heterocycles. The van der Waals surface area contributed by atoms with Gasteiger partial charge in [-0.3, -0.25) is 4.79 Å². The summed E-state index contributed by atoms with van der Waals surface area (Å²) in [7, 11) is 0. The molecule has 34 heavy (non-hydrogen) atoms. The molecular weight excluding hydrogens is 426 g/mol. The largest absolute Gasteiger partial charge is 0.394 e. The number of nitrogens with one attached hydrogen (secondary N) is 1. The van der Waals surface area contributed by atoms with E-state index < -0.39 is 24.2 Å². The van der Waals surface area contributed by atoms with Crippen LogP contribution in [0.2, 0.25) is 0 Å². The Bertz CT molecular complexity index is 469. The summed E-state index contributed by atoms with van der Waals surface area (Å²) in [5, 5.41) is 32.6. The van der Waals surface area contributed by atoms with Crippen LogP contribution >= 0.6 is 0 Å². The highest BCUT2D eigenvalue weighted by atomic mass is 16.3. The molecule has 0 fully saturated rings. The Morgan fingerprint density at radius 2 is 1.15 bits per heavy atom. The van der Waals surface area contributed by atoms with Gasteiger partial charge in [0.25, 0.3) is 0 Å². The molecule has 1 amide bonds. The highest BCUT2D eigenvalue weighted by Crippen LogP contribution is 2.13. The van der Waals surface area contributed by atoms with Crippen LogP contribution in [0, 0.1) is 0 Å². The van der Waals surface area contributed by atoms with Crippen LogP contribution < -0.4 is 5.32 Å². The zero-order valence-electron chi connectivity index (χ0n) is 22.5. The van der Waals surface area contributed by atoms with E-state index in [2.05, 4.69) is 19.2 Å². The van der Waals surface area contributed by atoms with Crippen molar-refractivity contribution in [1.29, 1.82) is 0 Å². The number of amides is 1. The molecule has 0 spiro atoms. The summed E-state index contributed by atoms with van der Waals surface area (Å²) < 4.78 is 0. The predicted molar refractivity (Wildman–Crippen MR) is 144 cm³/mol. The van der Waals surface area contributed by atoms with E-state index in [4.69, 9.17) is 0 Å². The summed E-state index contributed by atoms with van der Waals surface area (Å²) in [5.74, 6) is -0.509. The van der Waals surface area contributed by atoms with E-state index in [1.807, 2.05) is 6.08 Å². The van der Waals surface area contributed by atoms with Gasteiger partial charge < -0.3 is 20.6 Å². The maximum Gasteiger partial charge on any atom is 0.249 e. The third kappa shape index (κ3) is 20.5. The number of unbranched alkanes of at least 4 members (excludes halogenated alkanes) is 17. The van der Waals surface area contributed by atoms with Crippen molar-refractivity contribution in [1.82, 2.24) is 5.32 Å². The zero-order chi connectivity index (χ0) is 25.3. The van der Waals surface area contributed by atoms with E-state index in [9.17, 15) is 20.1 Å². The summed E-state index contributed by atoms with van der Waals surface area (Å²) in [5.41, 5.74) is 0. The van der Waals surface area contributed by atoms with Crippen LogP contribution in [0.5, 0.6) is 0 Å². The van der Waals surface area contributed by atoms with Crippen LogP contribution in [-0.2, 0) is 4.79 Å². The fourth-order valence-corrected chi connectivity index (χ4v) is 4.24. The summed E-state index contributed by atoms with van der Waals surface area (Å²) in [6.07, 6.45) is 25.0. The smallest absolute Gasteiger partial charge is 0.249 e. The molecule has 3 unspecified atom stereocenters. The third-order valence-electron chi connectivity index (χ3n) is 6.63. The van der Waals surface area contributed by atoms with E-state index in [-0.39, 0.29) is 6.61 Å². The quantitative estimate of drug-likeness (QED) is 0.0871. The fourth-order valence-electron chi connectivity index (χ4n) is 4.24. The number of carbonyl (C=O) groups excluding carboxylic acids is 1. The summed E-state index contributed by atoms with van der Waals surface area (Å²) in [6.45, 7) is 4.10. The van der Waals surface area contributed by atoms with Gasteiger partial charge in [-0.2, -0.15) is 0 Å². The summed E-state index contributed by atoms with van der Waals surface area (Å²) in [6, 6.07) is -0.787. The van der Waals surface area contributed by atoms with Crippen LogP contribution in [0.1, 0.15) is 142 Å². The molecule has 0 radical (unpaired) electrons. The molecule has 0 aliphatic heterocycles. The Labute approximate surface area is 210 Å². The number of allylic oxidation sites excluding steroid dienone is 1. The van der Waals surface area contributed by atoms with Crippen LogP contribution in [0.25, 0.3) is 0 Å². The summed E-state index contributed by atoms with van der Waals surface area (Å²) in [4.78, 5) is 12.2. The van der Waals surface area contributed by atoms with Crippen molar-refractivity contribution in [3.8, 4) is 0 Å². The number of aliphatic hydroxyl groups is 3. The molecule has 0 saturated heterocycles. The molecule has 0 aromatic carbocycles. The molecule has 0 rings (SSSR count). The van der Waals surface area contributed by atoms with E-state index in [0.717, 1.165) is 32.1 Å². The zero-order valence-corrected chi connectivity index (χ0v) is 22.5. The molecule has 0 aliphatic carbocycles. The van der Waals surface area contributed by atoms with Gasteiger partial charge in [0.15, 0.2) is 0 Å². The second-order valence-electron chi connectivity index (χ2n) is 9.97. The Balaban J connectivity index is 3.86. The lowest BCUT2D eigenvalue weighted by atomic mass is 10.0. The maximum absolute atomic E-state index is 12.2. The second kappa shape index (κ2) is 25.2. The summed E-state index contributed by atoms with van der Waals surface area (Å²) >= 11 is 0. The molecule has 0 aromatic heterocycles. The van der Waals surface area contributed by atoms with E-state index in [1.165, 1.54) is 89.9 Å². The minimum atomic E-state index is -1.09. The number of carbonyl (C=O) groups is 1. The van der Waals surface area contributed by atoms with Gasteiger partial charge in [-0.05, 0) is 19.3 Å². The van der Waals surface area contributed by atoms with Crippen molar-refractivity contribution in [2.45, 2.75) is 161 Å². The van der Waals surface area contributed by atoms with E-state index in [1.54, 1.807) is 6.08 Å². The standard InChI is InChI=1S/C29H57NO4/c1-3-5-7-9-11-13-15-17-19-21-23-27(32)26(25-31)30-29(34)28(33)24-22-20-18-16-14-12-10-8-6-4-2/h21,23,26-28,31-33H,3-20,22,24-25H2,1-2H3,(H,30,34)/b23-21+. The first-order chi connectivity index (χ1) is 16.6. The fraction of sp³-hybridized carbons (Fsp3) is 0.897. The molecule has 202 valence electrons. The normalized spacial score (nSPS) is 14.4. The van der Waals surface area contributed by atoms with Gasteiger partial charge >= 0.3 is 0 Å². The average Bonchev–Trinajstić information content (AvgIpc) is 2.84. The first kappa shape index (κ1) is 33.1. The number of hydrogen-bond donors (Lipinski definition) is 4. The Hall–Kier alpha value is -0.910. The topological polar surface area (TPSA) is 89.8 Å². The molecule has 0 aromatic rings. The van der Waals surface area contributed by atoms with Gasteiger partial charge in [0.2, 0.25) is 5.91 Å². The van der Waals surface area contributed by atoms with Gasteiger partial charge in [0.1, 0.15) is 6.10 Å². The molecule has 0 aliphatic rings. The number of hydrogen-bond acceptors (Lipinski definition) is 4. The SMILES string of the molecule is CCCCCCCCCC/C=C/C(O)C(CO)NC(=O)C(O)CCCCCCCCCCCC. The van der Waals surface area contributed by atoms with Crippen molar-refractivity contribution in [3.05, 3.63) is 12.2 Å². The Kier molecular flexibility index (Phi) is 24.5. The van der Waals surface area contributed by atoms with Crippen molar-refractivity contribution in [3.63, 3.8) is 0 Å². The van der Waals surface area contributed by atoms with Crippen LogP contribution in [0.15, 0.2) is 12.2 Å². The van der Waals surface area contributed by atoms with Crippen LogP contribution in [-0.4, -0.2) is 46.1 Å². The molecule has 0 saturated carbocycles. The molecule has 5 heteroatoms. The molecule has 0 bridgehead atoms. The van der Waals surface area contributed by atoms with Gasteiger partial charge in [0.05, 0.1) is 18.8 Å². The minimum Gasteiger partial charge on any atom is -0.394 e. The molecule has 4 N–H and O–H groups in total. The van der Waals surface area contributed by atoms with E-state index in [0.29, 0.717) is 6.42 Å². The number of aliphatic hydroxyl groups excluding tert-OH is 3. The van der Waals surface area contributed by atoms with Gasteiger partial charge in [-0.1, -0.05) is 135 Å². The predicted octanol–water partition coefficient (Wildman–Crippen LogP) is 6.58.